The number of aromatic amines is 1. The van der Waals surface area contributed by atoms with Gasteiger partial charge in [-0.05, 0) is 46.0 Å². The van der Waals surface area contributed by atoms with E-state index in [9.17, 15) is 9.59 Å². The second-order valence-electron chi connectivity index (χ2n) is 7.98. The largest absolute Gasteiger partial charge is 0.446 e. The number of anilines is 1. The molecule has 8 nitrogen and oxygen atoms in total. The Bertz CT molecular complexity index is 879. The van der Waals surface area contributed by atoms with E-state index in [1.165, 1.54) is 11.3 Å². The molecule has 2 aromatic rings. The van der Waals surface area contributed by atoms with Crippen molar-refractivity contribution in [2.45, 2.75) is 70.4 Å². The predicted octanol–water partition coefficient (Wildman–Crippen LogP) is 3.61. The molecule has 0 spiro atoms. The SMILES string of the molecule is Cc1ncc(CC(=O)Nc2cc([C@H]3CC[C@@H](OC(=O)N4CCC[C@@H]4C)C3)[nH]n2)s1. The molecule has 29 heavy (non-hydrogen) atoms. The highest BCUT2D eigenvalue weighted by atomic mass is 32.1. The summed E-state index contributed by atoms with van der Waals surface area (Å²) in [6.07, 6.45) is 6.45. The summed E-state index contributed by atoms with van der Waals surface area (Å²) in [5.74, 6) is 0.674. The Morgan fingerprint density at radius 3 is 2.97 bits per heavy atom. The van der Waals surface area contributed by atoms with Crippen LogP contribution >= 0.6 is 11.3 Å². The van der Waals surface area contributed by atoms with Crippen molar-refractivity contribution in [3.8, 4) is 0 Å². The second-order valence-corrected chi connectivity index (χ2v) is 9.30. The monoisotopic (exact) mass is 417 g/mol. The molecule has 1 aliphatic carbocycles. The van der Waals surface area contributed by atoms with Crippen LogP contribution in [-0.4, -0.2) is 50.8 Å². The smallest absolute Gasteiger partial charge is 0.410 e. The van der Waals surface area contributed by atoms with Crippen LogP contribution < -0.4 is 5.32 Å². The number of aromatic nitrogens is 3. The molecule has 0 bridgehead atoms. The Morgan fingerprint density at radius 1 is 1.38 bits per heavy atom. The first-order valence-electron chi connectivity index (χ1n) is 10.2. The number of rotatable bonds is 5. The van der Waals surface area contributed by atoms with Gasteiger partial charge < -0.3 is 15.0 Å². The summed E-state index contributed by atoms with van der Waals surface area (Å²) in [5.41, 5.74) is 0.974. The molecule has 3 heterocycles. The van der Waals surface area contributed by atoms with Gasteiger partial charge in [0.1, 0.15) is 6.10 Å². The van der Waals surface area contributed by atoms with Crippen LogP contribution in [0.15, 0.2) is 12.3 Å². The zero-order valence-corrected chi connectivity index (χ0v) is 17.6. The lowest BCUT2D eigenvalue weighted by Gasteiger charge is -2.23. The molecule has 3 atom stereocenters. The first kappa shape index (κ1) is 19.9. The Kier molecular flexibility index (Phi) is 5.84. The predicted molar refractivity (Wildman–Crippen MR) is 110 cm³/mol. The molecule has 2 fully saturated rings. The number of thiazole rings is 1. The Labute approximate surface area is 174 Å². The van der Waals surface area contributed by atoms with Gasteiger partial charge in [0.15, 0.2) is 5.82 Å². The van der Waals surface area contributed by atoms with Gasteiger partial charge in [0, 0.05) is 41.3 Å². The first-order valence-corrected chi connectivity index (χ1v) is 11.0. The van der Waals surface area contributed by atoms with E-state index in [1.807, 2.05) is 17.9 Å². The lowest BCUT2D eigenvalue weighted by molar-refractivity contribution is -0.115. The second kappa shape index (κ2) is 8.52. The number of carbonyl (C=O) groups excluding carboxylic acids is 2. The van der Waals surface area contributed by atoms with Crippen LogP contribution in [0.4, 0.5) is 10.6 Å². The van der Waals surface area contributed by atoms with Gasteiger partial charge in [-0.1, -0.05) is 0 Å². The highest BCUT2D eigenvalue weighted by molar-refractivity contribution is 7.11. The molecule has 1 saturated carbocycles. The Balaban J connectivity index is 1.27. The van der Waals surface area contributed by atoms with Crippen LogP contribution in [0.25, 0.3) is 0 Å². The van der Waals surface area contributed by atoms with Crippen molar-refractivity contribution >= 4 is 29.2 Å². The summed E-state index contributed by atoms with van der Waals surface area (Å²) in [5, 5.41) is 11.0. The molecule has 4 rings (SSSR count). The van der Waals surface area contributed by atoms with Gasteiger partial charge >= 0.3 is 6.09 Å². The maximum atomic E-state index is 12.4. The number of likely N-dealkylation sites (tertiary alicyclic amines) is 1. The van der Waals surface area contributed by atoms with E-state index in [0.717, 1.165) is 54.2 Å². The minimum atomic E-state index is -0.184. The number of H-pyrrole nitrogens is 1. The van der Waals surface area contributed by atoms with E-state index in [1.54, 1.807) is 6.20 Å². The molecule has 1 aliphatic heterocycles. The van der Waals surface area contributed by atoms with Gasteiger partial charge in [-0.15, -0.1) is 11.3 Å². The topological polar surface area (TPSA) is 100 Å². The third-order valence-corrected chi connectivity index (χ3v) is 6.66. The van der Waals surface area contributed by atoms with E-state index in [2.05, 4.69) is 27.4 Å². The zero-order valence-electron chi connectivity index (χ0n) is 16.8. The van der Waals surface area contributed by atoms with Crippen LogP contribution in [-0.2, 0) is 16.0 Å². The van der Waals surface area contributed by atoms with Gasteiger partial charge in [0.25, 0.3) is 0 Å². The normalized spacial score (nSPS) is 24.1. The Morgan fingerprint density at radius 2 is 2.24 bits per heavy atom. The van der Waals surface area contributed by atoms with Crippen molar-refractivity contribution in [1.82, 2.24) is 20.1 Å². The summed E-state index contributed by atoms with van der Waals surface area (Å²) in [6.45, 7) is 4.78. The van der Waals surface area contributed by atoms with Crippen molar-refractivity contribution < 1.29 is 14.3 Å². The number of nitrogens with zero attached hydrogens (tertiary/aromatic N) is 3. The van der Waals surface area contributed by atoms with Crippen molar-refractivity contribution in [1.29, 1.82) is 0 Å². The number of carbonyl (C=O) groups is 2. The molecule has 2 amide bonds. The maximum Gasteiger partial charge on any atom is 0.410 e. The lowest BCUT2D eigenvalue weighted by Crippen LogP contribution is -2.36. The molecule has 0 unspecified atom stereocenters. The average Bonchev–Trinajstić information content (AvgIpc) is 3.44. The Hall–Kier alpha value is -2.42. The van der Waals surface area contributed by atoms with Crippen molar-refractivity contribution in [2.75, 3.05) is 11.9 Å². The van der Waals surface area contributed by atoms with E-state index in [0.29, 0.717) is 12.2 Å². The quantitative estimate of drug-likeness (QED) is 0.774. The molecular weight excluding hydrogens is 390 g/mol. The highest BCUT2D eigenvalue weighted by Gasteiger charge is 2.33. The average molecular weight is 418 g/mol. The van der Waals surface area contributed by atoms with Crippen LogP contribution in [0.5, 0.6) is 0 Å². The molecule has 2 N–H and O–H groups in total. The third kappa shape index (κ3) is 4.77. The number of amides is 2. The standard InChI is InChI=1S/C20H27N5O3S/c1-12-4-3-7-25(12)20(27)28-15-6-5-14(8-15)17-10-18(24-23-17)22-19(26)9-16-11-21-13(2)29-16/h10-12,14-15H,3-9H2,1-2H3,(H2,22,23,24,26)/t12-,14-,15+/m0/s1. The van der Waals surface area contributed by atoms with Crippen LogP contribution in [0.3, 0.4) is 0 Å². The molecule has 2 aliphatic rings. The van der Waals surface area contributed by atoms with Crippen molar-refractivity contribution in [3.63, 3.8) is 0 Å². The lowest BCUT2D eigenvalue weighted by atomic mass is 10.0. The van der Waals surface area contributed by atoms with Gasteiger partial charge in [-0.2, -0.15) is 5.10 Å². The summed E-state index contributed by atoms with van der Waals surface area (Å²) < 4.78 is 5.74. The van der Waals surface area contributed by atoms with E-state index in [-0.39, 0.29) is 30.1 Å². The number of aryl methyl sites for hydroxylation is 1. The maximum absolute atomic E-state index is 12.4. The van der Waals surface area contributed by atoms with E-state index < -0.39 is 0 Å². The van der Waals surface area contributed by atoms with Gasteiger partial charge in [0.05, 0.1) is 11.4 Å². The molecule has 1 saturated heterocycles. The fourth-order valence-corrected chi connectivity index (χ4v) is 4.98. The minimum Gasteiger partial charge on any atom is -0.446 e. The van der Waals surface area contributed by atoms with E-state index >= 15 is 0 Å². The molecule has 0 radical (unpaired) electrons. The molecule has 9 heteroatoms. The molecule has 2 aromatic heterocycles. The highest BCUT2D eigenvalue weighted by Crippen LogP contribution is 2.36. The zero-order chi connectivity index (χ0) is 20.4. The van der Waals surface area contributed by atoms with Crippen molar-refractivity contribution in [3.05, 3.63) is 27.8 Å². The fourth-order valence-electron chi connectivity index (χ4n) is 4.19. The number of hydrogen-bond donors (Lipinski definition) is 2. The number of ether oxygens (including phenoxy) is 1. The fraction of sp³-hybridized carbons (Fsp3) is 0.600. The number of hydrogen-bond acceptors (Lipinski definition) is 6. The van der Waals surface area contributed by atoms with Crippen LogP contribution in [0.2, 0.25) is 0 Å². The summed E-state index contributed by atoms with van der Waals surface area (Å²) >= 11 is 1.52. The molecule has 0 aromatic carbocycles. The van der Waals surface area contributed by atoms with Gasteiger partial charge in [-0.3, -0.25) is 9.89 Å². The summed E-state index contributed by atoms with van der Waals surface area (Å²) in [7, 11) is 0. The van der Waals surface area contributed by atoms with Crippen LogP contribution in [0.1, 0.15) is 60.5 Å². The van der Waals surface area contributed by atoms with Gasteiger partial charge in [-0.25, -0.2) is 9.78 Å². The van der Waals surface area contributed by atoms with Crippen molar-refractivity contribution in [2.24, 2.45) is 0 Å². The first-order chi connectivity index (χ1) is 14.0. The number of nitrogens with one attached hydrogen (secondary N) is 2. The van der Waals surface area contributed by atoms with Crippen LogP contribution in [0, 0.1) is 6.92 Å². The summed E-state index contributed by atoms with van der Waals surface area (Å²) in [4.78, 5) is 31.5. The van der Waals surface area contributed by atoms with Gasteiger partial charge in [0.2, 0.25) is 5.91 Å². The molecular formula is C20H27N5O3S. The third-order valence-electron chi connectivity index (χ3n) is 5.75. The minimum absolute atomic E-state index is 0.0591. The summed E-state index contributed by atoms with van der Waals surface area (Å²) in [6, 6.07) is 2.15. The molecule has 156 valence electrons. The van der Waals surface area contributed by atoms with E-state index in [4.69, 9.17) is 4.74 Å².